The fraction of sp³-hybridized carbons (Fsp3) is 0.500. The summed E-state index contributed by atoms with van der Waals surface area (Å²) in [7, 11) is 0. The minimum absolute atomic E-state index is 0.0936. The monoisotopic (exact) mass is 320 g/mol. The molecule has 3 nitrogen and oxygen atoms in total. The van der Waals surface area contributed by atoms with Crippen LogP contribution in [0.4, 0.5) is 24.5 Å². The molecule has 1 fully saturated rings. The van der Waals surface area contributed by atoms with Crippen LogP contribution in [0.3, 0.4) is 0 Å². The third-order valence-corrected chi connectivity index (χ3v) is 4.01. The van der Waals surface area contributed by atoms with E-state index in [9.17, 15) is 18.0 Å². The average Bonchev–Trinajstić information content (AvgIpc) is 2.41. The highest BCUT2D eigenvalue weighted by atomic mass is 35.5. The first-order valence-electron chi connectivity index (χ1n) is 6.70. The first-order valence-corrected chi connectivity index (χ1v) is 7.08. The van der Waals surface area contributed by atoms with Crippen molar-refractivity contribution in [2.45, 2.75) is 31.9 Å². The van der Waals surface area contributed by atoms with Gasteiger partial charge in [-0.15, -0.1) is 0 Å². The van der Waals surface area contributed by atoms with Crippen molar-refractivity contribution in [3.8, 4) is 0 Å². The van der Waals surface area contributed by atoms with Crippen molar-refractivity contribution < 1.29 is 18.0 Å². The molecule has 2 atom stereocenters. The predicted molar refractivity (Wildman–Crippen MR) is 76.0 cm³/mol. The van der Waals surface area contributed by atoms with Gasteiger partial charge in [0.1, 0.15) is 0 Å². The first kappa shape index (κ1) is 15.9. The number of hydrogen-bond donors (Lipinski definition) is 2. The molecule has 2 unspecified atom stereocenters. The maximum Gasteiger partial charge on any atom is 0.391 e. The van der Waals surface area contributed by atoms with Gasteiger partial charge in [0.2, 0.25) is 5.91 Å². The maximum absolute atomic E-state index is 12.7. The number of amides is 1. The molecular weight excluding hydrogens is 305 g/mol. The number of anilines is 2. The largest absolute Gasteiger partial charge is 0.397 e. The van der Waals surface area contributed by atoms with Gasteiger partial charge in [0.05, 0.1) is 17.3 Å². The van der Waals surface area contributed by atoms with Gasteiger partial charge in [0.15, 0.2) is 0 Å². The van der Waals surface area contributed by atoms with Crippen molar-refractivity contribution in [2.24, 2.45) is 11.8 Å². The zero-order valence-corrected chi connectivity index (χ0v) is 12.0. The summed E-state index contributed by atoms with van der Waals surface area (Å²) >= 11 is 5.75. The zero-order valence-electron chi connectivity index (χ0n) is 11.2. The molecule has 1 saturated carbocycles. The van der Waals surface area contributed by atoms with Crippen molar-refractivity contribution in [2.75, 3.05) is 11.1 Å². The number of carbonyl (C=O) groups excluding carboxylic acids is 1. The highest BCUT2D eigenvalue weighted by Crippen LogP contribution is 2.40. The molecule has 2 rings (SSSR count). The molecule has 21 heavy (non-hydrogen) atoms. The van der Waals surface area contributed by atoms with Crippen LogP contribution in [0.1, 0.15) is 25.7 Å². The van der Waals surface area contributed by atoms with E-state index in [1.54, 1.807) is 12.1 Å². The summed E-state index contributed by atoms with van der Waals surface area (Å²) in [6.07, 6.45) is -3.44. The van der Waals surface area contributed by atoms with E-state index in [0.29, 0.717) is 29.2 Å². The molecule has 0 saturated heterocycles. The van der Waals surface area contributed by atoms with E-state index in [1.807, 2.05) is 0 Å². The number of carbonyl (C=O) groups is 1. The van der Waals surface area contributed by atoms with E-state index in [2.05, 4.69) is 5.32 Å². The number of benzene rings is 1. The quantitative estimate of drug-likeness (QED) is 0.801. The van der Waals surface area contributed by atoms with E-state index in [-0.39, 0.29) is 12.8 Å². The van der Waals surface area contributed by atoms with Gasteiger partial charge in [0, 0.05) is 10.9 Å². The first-order chi connectivity index (χ1) is 9.77. The predicted octanol–water partition coefficient (Wildman–Crippen LogP) is 4.23. The Kier molecular flexibility index (Phi) is 4.66. The smallest absolute Gasteiger partial charge is 0.391 e. The summed E-state index contributed by atoms with van der Waals surface area (Å²) in [5.41, 5.74) is 6.38. The summed E-state index contributed by atoms with van der Waals surface area (Å²) in [5, 5.41) is 3.02. The molecule has 1 aliphatic rings. The van der Waals surface area contributed by atoms with Crippen LogP contribution < -0.4 is 11.1 Å². The third kappa shape index (κ3) is 4.03. The van der Waals surface area contributed by atoms with Crippen LogP contribution in [0.25, 0.3) is 0 Å². The number of alkyl halides is 3. The van der Waals surface area contributed by atoms with Gasteiger partial charge in [-0.05, 0) is 37.5 Å². The molecule has 1 amide bonds. The van der Waals surface area contributed by atoms with E-state index in [0.717, 1.165) is 0 Å². The van der Waals surface area contributed by atoms with Crippen molar-refractivity contribution in [1.29, 1.82) is 0 Å². The number of hydrogen-bond acceptors (Lipinski definition) is 2. The Balaban J connectivity index is 2.03. The van der Waals surface area contributed by atoms with E-state index < -0.39 is 23.9 Å². The molecule has 0 radical (unpaired) electrons. The topological polar surface area (TPSA) is 55.1 Å². The van der Waals surface area contributed by atoms with Crippen LogP contribution in [0, 0.1) is 11.8 Å². The fourth-order valence-corrected chi connectivity index (χ4v) is 2.79. The zero-order chi connectivity index (χ0) is 15.6. The third-order valence-electron chi connectivity index (χ3n) is 3.78. The Labute approximate surface area is 125 Å². The lowest BCUT2D eigenvalue weighted by Gasteiger charge is -2.29. The molecule has 0 bridgehead atoms. The van der Waals surface area contributed by atoms with Crippen molar-refractivity contribution in [3.63, 3.8) is 0 Å². The lowest BCUT2D eigenvalue weighted by atomic mass is 9.80. The summed E-state index contributed by atoms with van der Waals surface area (Å²) < 4.78 is 38.2. The lowest BCUT2D eigenvalue weighted by molar-refractivity contribution is -0.185. The number of nitrogen functional groups attached to an aromatic ring is 1. The number of nitrogens with one attached hydrogen (secondary N) is 1. The second-order valence-corrected chi connectivity index (χ2v) is 5.76. The highest BCUT2D eigenvalue weighted by molar-refractivity contribution is 6.31. The average molecular weight is 321 g/mol. The molecule has 0 heterocycles. The molecule has 1 aliphatic carbocycles. The standard InChI is InChI=1S/C14H16ClF3N2O/c15-10-4-5-12(11(19)7-10)20-13(21)8-2-1-3-9(6-8)14(16,17)18/h4-5,7-9H,1-3,6,19H2,(H,20,21). The number of halogens is 4. The van der Waals surface area contributed by atoms with Gasteiger partial charge in [-0.25, -0.2) is 0 Å². The number of rotatable bonds is 2. The van der Waals surface area contributed by atoms with Crippen LogP contribution in [0.5, 0.6) is 0 Å². The summed E-state index contributed by atoms with van der Waals surface area (Å²) in [5.74, 6) is -2.46. The molecule has 0 spiro atoms. The van der Waals surface area contributed by atoms with Crippen LogP contribution >= 0.6 is 11.6 Å². The lowest BCUT2D eigenvalue weighted by Crippen LogP contribution is -2.34. The van der Waals surface area contributed by atoms with E-state index in [1.165, 1.54) is 6.07 Å². The molecule has 7 heteroatoms. The van der Waals surface area contributed by atoms with Gasteiger partial charge in [0.25, 0.3) is 0 Å². The van der Waals surface area contributed by atoms with Crippen LogP contribution in [-0.2, 0) is 4.79 Å². The molecule has 1 aromatic rings. The van der Waals surface area contributed by atoms with E-state index in [4.69, 9.17) is 17.3 Å². The molecule has 116 valence electrons. The van der Waals surface area contributed by atoms with Crippen molar-refractivity contribution in [3.05, 3.63) is 23.2 Å². The second-order valence-electron chi connectivity index (χ2n) is 5.32. The molecule has 0 aliphatic heterocycles. The maximum atomic E-state index is 12.7. The molecule has 3 N–H and O–H groups in total. The Hall–Kier alpha value is -1.43. The van der Waals surface area contributed by atoms with Crippen LogP contribution in [-0.4, -0.2) is 12.1 Å². The normalized spacial score (nSPS) is 22.9. The highest BCUT2D eigenvalue weighted by Gasteiger charge is 2.43. The minimum Gasteiger partial charge on any atom is -0.397 e. The Morgan fingerprint density at radius 1 is 1.33 bits per heavy atom. The fourth-order valence-electron chi connectivity index (χ4n) is 2.61. The molecule has 1 aromatic carbocycles. The summed E-state index contributed by atoms with van der Waals surface area (Å²) in [6.45, 7) is 0. The van der Waals surface area contributed by atoms with E-state index >= 15 is 0 Å². The Morgan fingerprint density at radius 2 is 2.05 bits per heavy atom. The number of nitrogens with two attached hydrogens (primary N) is 1. The Bertz CT molecular complexity index is 533. The molecule has 0 aromatic heterocycles. The van der Waals surface area contributed by atoms with Crippen molar-refractivity contribution in [1.82, 2.24) is 0 Å². The minimum atomic E-state index is -4.24. The molecular formula is C14H16ClF3N2O. The second kappa shape index (κ2) is 6.13. The van der Waals surface area contributed by atoms with Crippen LogP contribution in [0.15, 0.2) is 18.2 Å². The van der Waals surface area contributed by atoms with Gasteiger partial charge in [-0.1, -0.05) is 18.0 Å². The van der Waals surface area contributed by atoms with Gasteiger partial charge >= 0.3 is 6.18 Å². The van der Waals surface area contributed by atoms with Gasteiger partial charge < -0.3 is 11.1 Å². The summed E-state index contributed by atoms with van der Waals surface area (Å²) in [4.78, 5) is 12.1. The van der Waals surface area contributed by atoms with Gasteiger partial charge in [-0.2, -0.15) is 13.2 Å². The van der Waals surface area contributed by atoms with Gasteiger partial charge in [-0.3, -0.25) is 4.79 Å². The summed E-state index contributed by atoms with van der Waals surface area (Å²) in [6, 6.07) is 4.59. The van der Waals surface area contributed by atoms with Crippen molar-refractivity contribution >= 4 is 28.9 Å². The van der Waals surface area contributed by atoms with Crippen LogP contribution in [0.2, 0.25) is 5.02 Å². The Morgan fingerprint density at radius 3 is 2.67 bits per heavy atom. The SMILES string of the molecule is Nc1cc(Cl)ccc1NC(=O)C1CCCC(C(F)(F)F)C1.